The Morgan fingerprint density at radius 2 is 2.45 bits per heavy atom. The fraction of sp³-hybridized carbons (Fsp3) is 0.615. The molecule has 0 radical (unpaired) electrons. The lowest BCUT2D eigenvalue weighted by molar-refractivity contribution is 0.0897. The van der Waals surface area contributed by atoms with E-state index in [-0.39, 0.29) is 0 Å². The summed E-state index contributed by atoms with van der Waals surface area (Å²) in [6.07, 6.45) is 5.32. The number of H-pyrrole nitrogens is 1. The number of nitrogens with zero attached hydrogens (tertiary/aromatic N) is 3. The molecule has 0 aromatic carbocycles. The quantitative estimate of drug-likeness (QED) is 0.740. The van der Waals surface area contributed by atoms with Gasteiger partial charge in [-0.15, -0.1) is 0 Å². The van der Waals surface area contributed by atoms with Crippen LogP contribution in [0.25, 0.3) is 11.0 Å². The Labute approximate surface area is 117 Å². The number of anilines is 1. The number of ether oxygens (including phenoxy) is 2. The monoisotopic (exact) mass is 277 g/mol. The Bertz CT molecular complexity index is 538. The molecule has 3 rings (SSSR count). The van der Waals surface area contributed by atoms with E-state index in [4.69, 9.17) is 9.47 Å². The van der Waals surface area contributed by atoms with Crippen molar-refractivity contribution in [3.63, 3.8) is 0 Å². The van der Waals surface area contributed by atoms with E-state index in [1.807, 2.05) is 0 Å². The van der Waals surface area contributed by atoms with Gasteiger partial charge in [-0.1, -0.05) is 0 Å². The summed E-state index contributed by atoms with van der Waals surface area (Å²) in [5.74, 6) is 1.39. The van der Waals surface area contributed by atoms with Crippen LogP contribution >= 0.6 is 0 Å². The van der Waals surface area contributed by atoms with Gasteiger partial charge in [0.2, 0.25) is 0 Å². The number of fused-ring (bicyclic) bond motifs is 1. The summed E-state index contributed by atoms with van der Waals surface area (Å²) in [5.41, 5.74) is 0.750. The molecule has 0 spiro atoms. The maximum Gasteiger partial charge on any atom is 0.160 e. The lowest BCUT2D eigenvalue weighted by Crippen LogP contribution is -2.12. The molecular weight excluding hydrogens is 258 g/mol. The average Bonchev–Trinajstić information content (AvgIpc) is 3.13. The first-order valence-corrected chi connectivity index (χ1v) is 6.97. The van der Waals surface area contributed by atoms with Gasteiger partial charge in [0.25, 0.3) is 0 Å². The molecule has 0 amide bonds. The minimum Gasteiger partial charge on any atom is -0.381 e. The summed E-state index contributed by atoms with van der Waals surface area (Å²) >= 11 is 0. The molecule has 0 bridgehead atoms. The molecule has 7 heteroatoms. The standard InChI is InChI=1S/C13H19N5O2/c1(4-19-7-10-2-5-20-8-10)3-14-12-11-6-17-18-13(11)16-9-15-12/h6,9-10H,1-5,7-8H2,(H2,14,15,16,17,18). The highest BCUT2D eigenvalue weighted by molar-refractivity contribution is 5.85. The highest BCUT2D eigenvalue weighted by atomic mass is 16.5. The van der Waals surface area contributed by atoms with Crippen LogP contribution in [0, 0.1) is 5.92 Å². The second kappa shape index (κ2) is 6.62. The van der Waals surface area contributed by atoms with Crippen LogP contribution < -0.4 is 5.32 Å². The summed E-state index contributed by atoms with van der Waals surface area (Å²) < 4.78 is 11.0. The predicted molar refractivity (Wildman–Crippen MR) is 74.5 cm³/mol. The molecule has 1 fully saturated rings. The van der Waals surface area contributed by atoms with E-state index in [2.05, 4.69) is 25.5 Å². The highest BCUT2D eigenvalue weighted by Crippen LogP contribution is 2.16. The smallest absolute Gasteiger partial charge is 0.160 e. The molecular formula is C13H19N5O2. The van der Waals surface area contributed by atoms with Gasteiger partial charge < -0.3 is 14.8 Å². The van der Waals surface area contributed by atoms with Gasteiger partial charge >= 0.3 is 0 Å². The van der Waals surface area contributed by atoms with Gasteiger partial charge in [-0.25, -0.2) is 9.97 Å². The maximum atomic E-state index is 5.66. The SMILES string of the molecule is c1nc(NCCCOCC2CCOC2)c2cn[nH]c2n1. The Morgan fingerprint density at radius 3 is 3.35 bits per heavy atom. The predicted octanol–water partition coefficient (Wildman–Crippen LogP) is 1.21. The van der Waals surface area contributed by atoms with Crippen molar-refractivity contribution in [3.05, 3.63) is 12.5 Å². The first-order valence-electron chi connectivity index (χ1n) is 6.97. The number of nitrogens with one attached hydrogen (secondary N) is 2. The van der Waals surface area contributed by atoms with Crippen LogP contribution in [0.1, 0.15) is 12.8 Å². The molecule has 1 aliphatic heterocycles. The van der Waals surface area contributed by atoms with Crippen LogP contribution in [0.4, 0.5) is 5.82 Å². The Morgan fingerprint density at radius 1 is 1.45 bits per heavy atom. The van der Waals surface area contributed by atoms with Crippen LogP contribution in [0.15, 0.2) is 12.5 Å². The second-order valence-electron chi connectivity index (χ2n) is 4.94. The fourth-order valence-corrected chi connectivity index (χ4v) is 2.25. The molecule has 7 nitrogen and oxygen atoms in total. The van der Waals surface area contributed by atoms with Gasteiger partial charge in [-0.05, 0) is 12.8 Å². The van der Waals surface area contributed by atoms with Gasteiger partial charge in [-0.3, -0.25) is 5.10 Å². The van der Waals surface area contributed by atoms with Gasteiger partial charge in [-0.2, -0.15) is 5.10 Å². The van der Waals surface area contributed by atoms with Gasteiger partial charge in [0.15, 0.2) is 5.65 Å². The molecule has 20 heavy (non-hydrogen) atoms. The summed E-state index contributed by atoms with van der Waals surface area (Å²) in [4.78, 5) is 8.32. The molecule has 1 atom stereocenters. The number of hydrogen-bond acceptors (Lipinski definition) is 6. The minimum absolute atomic E-state index is 0.579. The summed E-state index contributed by atoms with van der Waals surface area (Å²) in [6, 6.07) is 0. The second-order valence-corrected chi connectivity index (χ2v) is 4.94. The zero-order valence-electron chi connectivity index (χ0n) is 11.3. The molecule has 2 aromatic rings. The summed E-state index contributed by atoms with van der Waals surface area (Å²) in [7, 11) is 0. The normalized spacial score (nSPS) is 18.7. The molecule has 1 aliphatic rings. The number of hydrogen-bond donors (Lipinski definition) is 2. The third-order valence-electron chi connectivity index (χ3n) is 3.38. The van der Waals surface area contributed by atoms with Crippen molar-refractivity contribution >= 4 is 16.9 Å². The topological polar surface area (TPSA) is 85.0 Å². The van der Waals surface area contributed by atoms with Crippen molar-refractivity contribution in [2.75, 3.05) is 38.3 Å². The molecule has 1 saturated heterocycles. The van der Waals surface area contributed by atoms with Crippen LogP contribution in [-0.2, 0) is 9.47 Å². The zero-order chi connectivity index (χ0) is 13.6. The summed E-state index contributed by atoms with van der Waals surface area (Å²) in [5, 5.41) is 11.0. The van der Waals surface area contributed by atoms with Crippen molar-refractivity contribution in [1.82, 2.24) is 20.2 Å². The fourth-order valence-electron chi connectivity index (χ4n) is 2.25. The lowest BCUT2D eigenvalue weighted by Gasteiger charge is -2.09. The average molecular weight is 277 g/mol. The molecule has 2 aromatic heterocycles. The van der Waals surface area contributed by atoms with Crippen LogP contribution in [0.3, 0.4) is 0 Å². The molecule has 0 saturated carbocycles. The van der Waals surface area contributed by atoms with Crippen LogP contribution in [0.2, 0.25) is 0 Å². The van der Waals surface area contributed by atoms with Crippen LogP contribution in [0.5, 0.6) is 0 Å². The maximum absolute atomic E-state index is 5.66. The van der Waals surface area contributed by atoms with Crippen molar-refractivity contribution in [2.45, 2.75) is 12.8 Å². The third-order valence-corrected chi connectivity index (χ3v) is 3.38. The molecule has 1 unspecified atom stereocenters. The largest absolute Gasteiger partial charge is 0.381 e. The van der Waals surface area contributed by atoms with Gasteiger partial charge in [0.1, 0.15) is 12.1 Å². The molecule has 108 valence electrons. The number of aromatic nitrogens is 4. The first-order chi connectivity index (χ1) is 9.93. The van der Waals surface area contributed by atoms with Crippen molar-refractivity contribution < 1.29 is 9.47 Å². The van der Waals surface area contributed by atoms with E-state index in [0.717, 1.165) is 62.7 Å². The van der Waals surface area contributed by atoms with Gasteiger partial charge in [0, 0.05) is 25.7 Å². The minimum atomic E-state index is 0.579. The molecule has 0 aliphatic carbocycles. The molecule has 2 N–H and O–H groups in total. The van der Waals surface area contributed by atoms with E-state index >= 15 is 0 Å². The van der Waals surface area contributed by atoms with Crippen LogP contribution in [-0.4, -0.2) is 53.1 Å². The summed E-state index contributed by atoms with van der Waals surface area (Å²) in [6.45, 7) is 4.10. The lowest BCUT2D eigenvalue weighted by atomic mass is 10.1. The Hall–Kier alpha value is -1.73. The van der Waals surface area contributed by atoms with E-state index in [0.29, 0.717) is 5.92 Å². The number of aromatic amines is 1. The van der Waals surface area contributed by atoms with E-state index in [1.54, 1.807) is 6.20 Å². The highest BCUT2D eigenvalue weighted by Gasteiger charge is 2.15. The van der Waals surface area contributed by atoms with Crippen molar-refractivity contribution in [1.29, 1.82) is 0 Å². The Kier molecular flexibility index (Phi) is 4.39. The number of rotatable bonds is 7. The molecule has 3 heterocycles. The van der Waals surface area contributed by atoms with Gasteiger partial charge in [0.05, 0.1) is 24.8 Å². The van der Waals surface area contributed by atoms with Crippen molar-refractivity contribution in [3.8, 4) is 0 Å². The third kappa shape index (κ3) is 3.23. The first kappa shape index (κ1) is 13.3. The van der Waals surface area contributed by atoms with E-state index in [1.165, 1.54) is 6.33 Å². The van der Waals surface area contributed by atoms with E-state index in [9.17, 15) is 0 Å². The Balaban J connectivity index is 1.36. The zero-order valence-corrected chi connectivity index (χ0v) is 11.3. The van der Waals surface area contributed by atoms with E-state index < -0.39 is 0 Å². The van der Waals surface area contributed by atoms with Crippen molar-refractivity contribution in [2.24, 2.45) is 5.92 Å².